The van der Waals surface area contributed by atoms with Crippen LogP contribution in [0.2, 0.25) is 5.02 Å². The number of nitrogens with two attached hydrogens (primary N) is 1. The zero-order chi connectivity index (χ0) is 15.6. The molecule has 0 aliphatic heterocycles. The normalized spacial score (nSPS) is 11.8. The quantitative estimate of drug-likeness (QED) is 0.814. The van der Waals surface area contributed by atoms with Crippen molar-refractivity contribution in [2.75, 3.05) is 12.3 Å². The summed E-state index contributed by atoms with van der Waals surface area (Å²) in [6, 6.07) is 2.93. The number of benzene rings is 1. The minimum atomic E-state index is -3.65. The van der Waals surface area contributed by atoms with Crippen LogP contribution in [0.15, 0.2) is 29.4 Å². The van der Waals surface area contributed by atoms with Gasteiger partial charge in [0, 0.05) is 43.1 Å². The number of hydrogen-bond acceptors (Lipinski definition) is 4. The maximum absolute atomic E-state index is 12.3. The lowest BCUT2D eigenvalue weighted by molar-refractivity contribution is 0.579. The van der Waals surface area contributed by atoms with Gasteiger partial charge in [-0.05, 0) is 24.6 Å². The molecule has 6 nitrogen and oxygen atoms in total. The standard InChI is InChI=1S/C13H17ClN4O2S/c1-9-11(15)7-10(14)8-12(9)21(19,20)17-4-3-13-16-5-6-18(13)2/h5-8,17H,3-4,15H2,1-2H3. The lowest BCUT2D eigenvalue weighted by atomic mass is 10.2. The molecule has 2 aromatic rings. The highest BCUT2D eigenvalue weighted by Gasteiger charge is 2.19. The Balaban J connectivity index is 2.14. The van der Waals surface area contributed by atoms with E-state index in [4.69, 9.17) is 17.3 Å². The molecule has 0 atom stereocenters. The highest BCUT2D eigenvalue weighted by atomic mass is 35.5. The first-order valence-corrected chi connectivity index (χ1v) is 8.19. The fourth-order valence-corrected chi connectivity index (χ4v) is 3.59. The molecular formula is C13H17ClN4O2S. The van der Waals surface area contributed by atoms with Gasteiger partial charge in [0.2, 0.25) is 10.0 Å². The van der Waals surface area contributed by atoms with Crippen LogP contribution in [-0.2, 0) is 23.5 Å². The van der Waals surface area contributed by atoms with Crippen molar-refractivity contribution in [2.24, 2.45) is 7.05 Å². The molecule has 1 aromatic carbocycles. The van der Waals surface area contributed by atoms with Crippen LogP contribution in [0.3, 0.4) is 0 Å². The van der Waals surface area contributed by atoms with Gasteiger partial charge in [-0.1, -0.05) is 11.6 Å². The summed E-state index contributed by atoms with van der Waals surface area (Å²) in [5.41, 5.74) is 6.60. The molecule has 0 spiro atoms. The Morgan fingerprint density at radius 3 is 2.76 bits per heavy atom. The van der Waals surface area contributed by atoms with Gasteiger partial charge in [0.25, 0.3) is 0 Å². The second-order valence-electron chi connectivity index (χ2n) is 4.72. The molecule has 114 valence electrons. The van der Waals surface area contributed by atoms with Crippen molar-refractivity contribution in [1.29, 1.82) is 0 Å². The van der Waals surface area contributed by atoms with Crippen LogP contribution < -0.4 is 10.5 Å². The molecule has 1 heterocycles. The van der Waals surface area contributed by atoms with E-state index in [0.717, 1.165) is 5.82 Å². The Morgan fingerprint density at radius 1 is 1.43 bits per heavy atom. The third-order valence-electron chi connectivity index (χ3n) is 3.22. The van der Waals surface area contributed by atoms with E-state index in [1.54, 1.807) is 13.1 Å². The summed E-state index contributed by atoms with van der Waals surface area (Å²) in [7, 11) is -1.79. The largest absolute Gasteiger partial charge is 0.398 e. The van der Waals surface area contributed by atoms with Crippen molar-refractivity contribution in [1.82, 2.24) is 14.3 Å². The van der Waals surface area contributed by atoms with Crippen LogP contribution in [0.25, 0.3) is 0 Å². The average molecular weight is 329 g/mol. The molecular weight excluding hydrogens is 312 g/mol. The molecule has 0 aliphatic carbocycles. The molecule has 0 saturated carbocycles. The first-order valence-electron chi connectivity index (χ1n) is 6.33. The molecule has 0 fully saturated rings. The van der Waals surface area contributed by atoms with Crippen molar-refractivity contribution in [3.8, 4) is 0 Å². The van der Waals surface area contributed by atoms with Crippen LogP contribution in [0.5, 0.6) is 0 Å². The number of anilines is 1. The SMILES string of the molecule is Cc1c(N)cc(Cl)cc1S(=O)(=O)NCCc1nccn1C. The molecule has 1 aromatic heterocycles. The van der Waals surface area contributed by atoms with Crippen LogP contribution in [0.4, 0.5) is 5.69 Å². The van der Waals surface area contributed by atoms with Crippen LogP contribution in [0.1, 0.15) is 11.4 Å². The molecule has 0 radical (unpaired) electrons. The first kappa shape index (κ1) is 15.8. The van der Waals surface area contributed by atoms with E-state index < -0.39 is 10.0 Å². The highest BCUT2D eigenvalue weighted by molar-refractivity contribution is 7.89. The van der Waals surface area contributed by atoms with Gasteiger partial charge in [0.15, 0.2) is 0 Å². The average Bonchev–Trinajstić information content (AvgIpc) is 2.79. The summed E-state index contributed by atoms with van der Waals surface area (Å²) in [5, 5.41) is 0.294. The second-order valence-corrected chi connectivity index (χ2v) is 6.89. The third-order valence-corrected chi connectivity index (χ3v) is 5.02. The number of nitrogen functional groups attached to an aromatic ring is 1. The number of hydrogen-bond donors (Lipinski definition) is 2. The van der Waals surface area contributed by atoms with Gasteiger partial charge in [0.05, 0.1) is 4.90 Å². The fourth-order valence-electron chi connectivity index (χ4n) is 1.97. The minimum absolute atomic E-state index is 0.104. The smallest absolute Gasteiger partial charge is 0.240 e. The van der Waals surface area contributed by atoms with Gasteiger partial charge < -0.3 is 10.3 Å². The predicted molar refractivity (Wildman–Crippen MR) is 82.7 cm³/mol. The molecule has 0 amide bonds. The van der Waals surface area contributed by atoms with Crippen molar-refractivity contribution >= 4 is 27.3 Å². The Kier molecular flexibility index (Phi) is 4.55. The Labute approximate surface area is 129 Å². The van der Waals surface area contributed by atoms with E-state index in [1.165, 1.54) is 12.1 Å². The van der Waals surface area contributed by atoms with Crippen LogP contribution in [0, 0.1) is 6.92 Å². The molecule has 0 bridgehead atoms. The molecule has 3 N–H and O–H groups in total. The summed E-state index contributed by atoms with van der Waals surface area (Å²) >= 11 is 5.88. The van der Waals surface area contributed by atoms with Crippen molar-refractivity contribution in [3.05, 3.63) is 40.9 Å². The van der Waals surface area contributed by atoms with Crippen molar-refractivity contribution in [2.45, 2.75) is 18.2 Å². The number of nitrogens with one attached hydrogen (secondary N) is 1. The number of aryl methyl sites for hydroxylation is 1. The number of nitrogens with zero attached hydrogens (tertiary/aromatic N) is 2. The van der Waals surface area contributed by atoms with E-state index in [-0.39, 0.29) is 11.4 Å². The lowest BCUT2D eigenvalue weighted by Crippen LogP contribution is -2.27. The second kappa shape index (κ2) is 6.05. The van der Waals surface area contributed by atoms with E-state index >= 15 is 0 Å². The Morgan fingerprint density at radius 2 is 2.14 bits per heavy atom. The van der Waals surface area contributed by atoms with Crippen LogP contribution >= 0.6 is 11.6 Å². The summed E-state index contributed by atoms with van der Waals surface area (Å²) in [6.07, 6.45) is 3.98. The molecule has 0 aliphatic rings. The van der Waals surface area contributed by atoms with E-state index in [1.807, 2.05) is 17.8 Å². The van der Waals surface area contributed by atoms with Crippen molar-refractivity contribution in [3.63, 3.8) is 0 Å². The zero-order valence-electron chi connectivity index (χ0n) is 11.8. The number of imidazole rings is 1. The summed E-state index contributed by atoms with van der Waals surface area (Å²) in [5.74, 6) is 0.806. The molecule has 21 heavy (non-hydrogen) atoms. The number of aromatic nitrogens is 2. The molecule has 2 rings (SSSR count). The Bertz CT molecular complexity index is 756. The van der Waals surface area contributed by atoms with Gasteiger partial charge >= 0.3 is 0 Å². The lowest BCUT2D eigenvalue weighted by Gasteiger charge is -2.11. The topological polar surface area (TPSA) is 90.0 Å². The third kappa shape index (κ3) is 3.55. The maximum Gasteiger partial charge on any atom is 0.240 e. The molecule has 0 saturated heterocycles. The fraction of sp³-hybridized carbons (Fsp3) is 0.308. The zero-order valence-corrected chi connectivity index (χ0v) is 13.4. The Hall–Kier alpha value is -1.57. The monoisotopic (exact) mass is 328 g/mol. The summed E-state index contributed by atoms with van der Waals surface area (Å²) in [6.45, 7) is 1.90. The molecule has 8 heteroatoms. The first-order chi connectivity index (χ1) is 9.81. The summed E-state index contributed by atoms with van der Waals surface area (Å²) < 4.78 is 29.0. The van der Waals surface area contributed by atoms with E-state index in [0.29, 0.717) is 22.7 Å². The maximum atomic E-state index is 12.3. The summed E-state index contributed by atoms with van der Waals surface area (Å²) in [4.78, 5) is 4.24. The van der Waals surface area contributed by atoms with E-state index in [2.05, 4.69) is 9.71 Å². The van der Waals surface area contributed by atoms with Gasteiger partial charge in [-0.25, -0.2) is 18.1 Å². The number of rotatable bonds is 5. The minimum Gasteiger partial charge on any atom is -0.398 e. The van der Waals surface area contributed by atoms with Gasteiger partial charge in [-0.3, -0.25) is 0 Å². The van der Waals surface area contributed by atoms with Crippen molar-refractivity contribution < 1.29 is 8.42 Å². The predicted octanol–water partition coefficient (Wildman–Crippen LogP) is 1.49. The van der Waals surface area contributed by atoms with Gasteiger partial charge in [-0.15, -0.1) is 0 Å². The van der Waals surface area contributed by atoms with E-state index in [9.17, 15) is 8.42 Å². The number of sulfonamides is 1. The highest BCUT2D eigenvalue weighted by Crippen LogP contribution is 2.25. The van der Waals surface area contributed by atoms with Gasteiger partial charge in [0.1, 0.15) is 5.82 Å². The van der Waals surface area contributed by atoms with Gasteiger partial charge in [-0.2, -0.15) is 0 Å². The molecule has 0 unspecified atom stereocenters. The van der Waals surface area contributed by atoms with Crippen LogP contribution in [-0.4, -0.2) is 24.5 Å². The number of halogens is 1.